The lowest BCUT2D eigenvalue weighted by Gasteiger charge is -2.18. The molecule has 0 aliphatic heterocycles. The van der Waals surface area contributed by atoms with Crippen LogP contribution in [0.4, 0.5) is 11.4 Å². The number of benzene rings is 1. The van der Waals surface area contributed by atoms with Gasteiger partial charge in [-0.3, -0.25) is 15.1 Å². The predicted molar refractivity (Wildman–Crippen MR) is 79.8 cm³/mol. The number of nitrogens with two attached hydrogens (primary N) is 1. The van der Waals surface area contributed by atoms with E-state index < -0.39 is 0 Å². The summed E-state index contributed by atoms with van der Waals surface area (Å²) in [5.74, 6) is 0. The van der Waals surface area contributed by atoms with E-state index in [0.717, 1.165) is 18.5 Å². The van der Waals surface area contributed by atoms with Crippen LogP contribution in [0, 0.1) is 10.1 Å². The Labute approximate surface area is 117 Å². The fourth-order valence-electron chi connectivity index (χ4n) is 2.25. The predicted octanol–water partition coefficient (Wildman–Crippen LogP) is 2.68. The van der Waals surface area contributed by atoms with Gasteiger partial charge in [-0.05, 0) is 24.6 Å². The maximum absolute atomic E-state index is 11.0. The molecule has 0 aliphatic carbocycles. The first-order valence-corrected chi connectivity index (χ1v) is 6.66. The van der Waals surface area contributed by atoms with Gasteiger partial charge in [0.1, 0.15) is 5.52 Å². The van der Waals surface area contributed by atoms with Crippen molar-refractivity contribution in [2.75, 3.05) is 11.9 Å². The average molecular weight is 274 g/mol. The van der Waals surface area contributed by atoms with E-state index in [1.54, 1.807) is 24.4 Å². The van der Waals surface area contributed by atoms with E-state index in [9.17, 15) is 10.1 Å². The summed E-state index contributed by atoms with van der Waals surface area (Å²) in [5.41, 5.74) is 7.20. The summed E-state index contributed by atoms with van der Waals surface area (Å²) in [4.78, 5) is 14.9. The van der Waals surface area contributed by atoms with Crippen molar-refractivity contribution in [1.29, 1.82) is 0 Å². The van der Waals surface area contributed by atoms with E-state index in [4.69, 9.17) is 5.73 Å². The van der Waals surface area contributed by atoms with Gasteiger partial charge in [-0.2, -0.15) is 0 Å². The summed E-state index contributed by atoms with van der Waals surface area (Å²) < 4.78 is 0. The molecule has 0 saturated carbocycles. The molecule has 6 heteroatoms. The topological polar surface area (TPSA) is 94.1 Å². The molecule has 2 rings (SSSR count). The molecule has 0 amide bonds. The number of nitrogens with one attached hydrogen (secondary N) is 1. The van der Waals surface area contributed by atoms with Gasteiger partial charge in [-0.25, -0.2) is 0 Å². The van der Waals surface area contributed by atoms with Crippen molar-refractivity contribution in [2.45, 2.75) is 25.8 Å². The molecule has 6 nitrogen and oxygen atoms in total. The highest BCUT2D eigenvalue weighted by atomic mass is 16.6. The molecule has 0 saturated heterocycles. The van der Waals surface area contributed by atoms with Crippen LogP contribution < -0.4 is 11.1 Å². The summed E-state index contributed by atoms with van der Waals surface area (Å²) >= 11 is 0. The fraction of sp³-hybridized carbons (Fsp3) is 0.357. The van der Waals surface area contributed by atoms with Crippen molar-refractivity contribution < 1.29 is 4.92 Å². The highest BCUT2D eigenvalue weighted by Crippen LogP contribution is 2.30. The quantitative estimate of drug-likeness (QED) is 0.624. The second-order valence-electron chi connectivity index (χ2n) is 4.65. The third-order valence-corrected chi connectivity index (χ3v) is 3.22. The van der Waals surface area contributed by atoms with E-state index in [2.05, 4.69) is 17.2 Å². The lowest BCUT2D eigenvalue weighted by molar-refractivity contribution is -0.383. The molecular formula is C14H18N4O2. The standard InChI is InChI=1S/C14H18N4O2/c1-2-4-10(9-15)17-12-6-7-13(18(19)20)11-5-3-8-16-14(11)12/h3,5-8,10,17H,2,4,9,15H2,1H3. The third-order valence-electron chi connectivity index (χ3n) is 3.22. The zero-order valence-electron chi connectivity index (χ0n) is 11.4. The van der Waals surface area contributed by atoms with Gasteiger partial charge in [0.25, 0.3) is 5.69 Å². The SMILES string of the molecule is CCCC(CN)Nc1ccc([N+](=O)[O-])c2cccnc12. The largest absolute Gasteiger partial charge is 0.379 e. The summed E-state index contributed by atoms with van der Waals surface area (Å²) in [6.45, 7) is 2.61. The summed E-state index contributed by atoms with van der Waals surface area (Å²) in [5, 5.41) is 14.9. The summed E-state index contributed by atoms with van der Waals surface area (Å²) in [7, 11) is 0. The van der Waals surface area contributed by atoms with Crippen molar-refractivity contribution in [1.82, 2.24) is 4.98 Å². The van der Waals surface area contributed by atoms with Gasteiger partial charge in [0, 0.05) is 24.8 Å². The molecule has 1 atom stereocenters. The zero-order valence-corrected chi connectivity index (χ0v) is 11.4. The number of non-ortho nitro benzene ring substituents is 1. The minimum atomic E-state index is -0.389. The van der Waals surface area contributed by atoms with Crippen LogP contribution in [-0.2, 0) is 0 Å². The summed E-state index contributed by atoms with van der Waals surface area (Å²) in [6.07, 6.45) is 3.60. The van der Waals surface area contributed by atoms with Crippen LogP contribution in [0.15, 0.2) is 30.5 Å². The van der Waals surface area contributed by atoms with Gasteiger partial charge < -0.3 is 11.1 Å². The number of aromatic nitrogens is 1. The van der Waals surface area contributed by atoms with Crippen LogP contribution >= 0.6 is 0 Å². The average Bonchev–Trinajstić information content (AvgIpc) is 2.46. The Balaban J connectivity index is 2.45. The number of nitro groups is 1. The molecule has 0 spiro atoms. The normalized spacial score (nSPS) is 12.3. The van der Waals surface area contributed by atoms with E-state index in [0.29, 0.717) is 17.4 Å². The first-order valence-electron chi connectivity index (χ1n) is 6.66. The van der Waals surface area contributed by atoms with Gasteiger partial charge in [-0.15, -0.1) is 0 Å². The smallest absolute Gasteiger partial charge is 0.278 e. The summed E-state index contributed by atoms with van der Waals surface area (Å²) in [6, 6.07) is 6.76. The van der Waals surface area contributed by atoms with Crippen molar-refractivity contribution in [2.24, 2.45) is 5.73 Å². The molecule has 0 radical (unpaired) electrons. The van der Waals surface area contributed by atoms with Crippen LogP contribution in [0.2, 0.25) is 0 Å². The molecule has 1 aromatic heterocycles. The Morgan fingerprint density at radius 1 is 1.45 bits per heavy atom. The van der Waals surface area contributed by atoms with Crippen LogP contribution in [0.3, 0.4) is 0 Å². The Morgan fingerprint density at radius 3 is 2.90 bits per heavy atom. The second-order valence-corrected chi connectivity index (χ2v) is 4.65. The van der Waals surface area contributed by atoms with Crippen molar-refractivity contribution >= 4 is 22.3 Å². The number of rotatable bonds is 6. The molecule has 0 fully saturated rings. The lowest BCUT2D eigenvalue weighted by Crippen LogP contribution is -2.28. The van der Waals surface area contributed by atoms with Crippen molar-refractivity contribution in [3.8, 4) is 0 Å². The van der Waals surface area contributed by atoms with Gasteiger partial charge in [-0.1, -0.05) is 13.3 Å². The van der Waals surface area contributed by atoms with Gasteiger partial charge >= 0.3 is 0 Å². The van der Waals surface area contributed by atoms with E-state index >= 15 is 0 Å². The minimum Gasteiger partial charge on any atom is -0.379 e. The van der Waals surface area contributed by atoms with Crippen LogP contribution in [0.5, 0.6) is 0 Å². The second kappa shape index (κ2) is 6.29. The molecular weight excluding hydrogens is 256 g/mol. The van der Waals surface area contributed by atoms with Crippen LogP contribution in [-0.4, -0.2) is 22.5 Å². The lowest BCUT2D eigenvalue weighted by atomic mass is 10.1. The van der Waals surface area contributed by atoms with E-state index in [1.165, 1.54) is 6.07 Å². The molecule has 20 heavy (non-hydrogen) atoms. The number of fused-ring (bicyclic) bond motifs is 1. The number of hydrogen-bond acceptors (Lipinski definition) is 5. The monoisotopic (exact) mass is 274 g/mol. The Bertz CT molecular complexity index is 615. The van der Waals surface area contributed by atoms with Gasteiger partial charge in [0.2, 0.25) is 0 Å². The number of nitrogens with zero attached hydrogens (tertiary/aromatic N) is 2. The van der Waals surface area contributed by atoms with E-state index in [1.807, 2.05) is 0 Å². The van der Waals surface area contributed by atoms with Crippen molar-refractivity contribution in [3.63, 3.8) is 0 Å². The molecule has 0 aliphatic rings. The van der Waals surface area contributed by atoms with Crippen molar-refractivity contribution in [3.05, 3.63) is 40.6 Å². The molecule has 1 unspecified atom stereocenters. The number of anilines is 1. The fourth-order valence-corrected chi connectivity index (χ4v) is 2.25. The first kappa shape index (κ1) is 14.2. The van der Waals surface area contributed by atoms with Gasteiger partial charge in [0.15, 0.2) is 0 Å². The highest BCUT2D eigenvalue weighted by molar-refractivity contribution is 5.96. The molecule has 3 N–H and O–H groups in total. The molecule has 1 heterocycles. The Morgan fingerprint density at radius 2 is 2.25 bits per heavy atom. The van der Waals surface area contributed by atoms with Crippen LogP contribution in [0.1, 0.15) is 19.8 Å². The maximum atomic E-state index is 11.0. The molecule has 2 aromatic rings. The molecule has 0 bridgehead atoms. The number of hydrogen-bond donors (Lipinski definition) is 2. The Hall–Kier alpha value is -2.21. The van der Waals surface area contributed by atoms with Crippen LogP contribution in [0.25, 0.3) is 10.9 Å². The molecule has 1 aromatic carbocycles. The van der Waals surface area contributed by atoms with Gasteiger partial charge in [0.05, 0.1) is 16.0 Å². The number of pyridine rings is 1. The first-order chi connectivity index (χ1) is 9.67. The highest BCUT2D eigenvalue weighted by Gasteiger charge is 2.16. The maximum Gasteiger partial charge on any atom is 0.278 e. The Kier molecular flexibility index (Phi) is 4.47. The molecule has 106 valence electrons. The number of nitro benzene ring substituents is 1. The van der Waals surface area contributed by atoms with E-state index in [-0.39, 0.29) is 16.7 Å². The zero-order chi connectivity index (χ0) is 14.5. The third kappa shape index (κ3) is 2.85. The minimum absolute atomic E-state index is 0.0680.